The Morgan fingerprint density at radius 1 is 0.950 bits per heavy atom. The van der Waals surface area contributed by atoms with Gasteiger partial charge in [-0.05, 0) is 35.9 Å². The maximum Gasteiger partial charge on any atom is 0.416 e. The summed E-state index contributed by atoms with van der Waals surface area (Å²) in [6.07, 6.45) is -0.936. The SMILES string of the molecule is CNc1ccc(/C=C/c2ccc(C(F)(F)F)cc2)nn1. The molecular weight excluding hydrogens is 267 g/mol. The third-order valence-electron chi connectivity index (χ3n) is 2.63. The summed E-state index contributed by atoms with van der Waals surface area (Å²) in [5, 5.41) is 10.7. The van der Waals surface area contributed by atoms with Crippen LogP contribution in [0.2, 0.25) is 0 Å². The lowest BCUT2D eigenvalue weighted by atomic mass is 10.1. The van der Waals surface area contributed by atoms with Crippen LogP contribution in [0.1, 0.15) is 16.8 Å². The number of hydrogen-bond acceptors (Lipinski definition) is 3. The van der Waals surface area contributed by atoms with Crippen molar-refractivity contribution < 1.29 is 13.2 Å². The zero-order valence-corrected chi connectivity index (χ0v) is 10.6. The minimum absolute atomic E-state index is 0.629. The van der Waals surface area contributed by atoms with Crippen molar-refractivity contribution in [3.63, 3.8) is 0 Å². The average molecular weight is 279 g/mol. The lowest BCUT2D eigenvalue weighted by Crippen LogP contribution is -2.03. The molecule has 3 nitrogen and oxygen atoms in total. The topological polar surface area (TPSA) is 37.8 Å². The van der Waals surface area contributed by atoms with E-state index >= 15 is 0 Å². The molecule has 0 saturated carbocycles. The van der Waals surface area contributed by atoms with Gasteiger partial charge in [0.25, 0.3) is 0 Å². The number of anilines is 1. The molecule has 0 bridgehead atoms. The first-order valence-corrected chi connectivity index (χ1v) is 5.86. The Kier molecular flexibility index (Phi) is 4.02. The van der Waals surface area contributed by atoms with E-state index in [4.69, 9.17) is 0 Å². The van der Waals surface area contributed by atoms with Crippen molar-refractivity contribution >= 4 is 18.0 Å². The van der Waals surface area contributed by atoms with Gasteiger partial charge < -0.3 is 5.32 Å². The lowest BCUT2D eigenvalue weighted by Gasteiger charge is -2.05. The number of benzene rings is 1. The van der Waals surface area contributed by atoms with Crippen molar-refractivity contribution in [3.8, 4) is 0 Å². The Labute approximate surface area is 114 Å². The van der Waals surface area contributed by atoms with Crippen molar-refractivity contribution in [1.82, 2.24) is 10.2 Å². The van der Waals surface area contributed by atoms with Crippen molar-refractivity contribution in [3.05, 3.63) is 53.2 Å². The van der Waals surface area contributed by atoms with Crippen molar-refractivity contribution in [2.45, 2.75) is 6.18 Å². The summed E-state index contributed by atoms with van der Waals surface area (Å²) >= 11 is 0. The first-order chi connectivity index (χ1) is 9.49. The molecule has 0 aliphatic rings. The van der Waals surface area contributed by atoms with Crippen LogP contribution in [0.3, 0.4) is 0 Å². The van der Waals surface area contributed by atoms with Crippen LogP contribution in [-0.2, 0) is 6.18 Å². The molecule has 0 fully saturated rings. The van der Waals surface area contributed by atoms with Gasteiger partial charge in [0, 0.05) is 7.05 Å². The van der Waals surface area contributed by atoms with Gasteiger partial charge in [0.2, 0.25) is 0 Å². The summed E-state index contributed by atoms with van der Waals surface area (Å²) in [6, 6.07) is 8.45. The average Bonchev–Trinajstić information content (AvgIpc) is 2.45. The van der Waals surface area contributed by atoms with E-state index in [1.807, 2.05) is 0 Å². The monoisotopic (exact) mass is 279 g/mol. The van der Waals surface area contributed by atoms with Gasteiger partial charge in [-0.1, -0.05) is 18.2 Å². The maximum atomic E-state index is 12.4. The maximum absolute atomic E-state index is 12.4. The van der Waals surface area contributed by atoms with Crippen molar-refractivity contribution in [2.24, 2.45) is 0 Å². The molecule has 1 aromatic heterocycles. The summed E-state index contributed by atoms with van der Waals surface area (Å²) in [6.45, 7) is 0. The van der Waals surface area contributed by atoms with Crippen LogP contribution in [0, 0.1) is 0 Å². The molecule has 6 heteroatoms. The zero-order chi connectivity index (χ0) is 14.6. The van der Waals surface area contributed by atoms with Crippen LogP contribution >= 0.6 is 0 Å². The van der Waals surface area contributed by atoms with Gasteiger partial charge in [-0.3, -0.25) is 0 Å². The third-order valence-corrected chi connectivity index (χ3v) is 2.63. The molecule has 0 aliphatic carbocycles. The van der Waals surface area contributed by atoms with Gasteiger partial charge in [0.1, 0.15) is 5.82 Å². The fourth-order valence-electron chi connectivity index (χ4n) is 1.53. The van der Waals surface area contributed by atoms with Crippen LogP contribution in [0.15, 0.2) is 36.4 Å². The molecule has 1 heterocycles. The Morgan fingerprint density at radius 3 is 2.15 bits per heavy atom. The smallest absolute Gasteiger partial charge is 0.372 e. The van der Waals surface area contributed by atoms with Crippen molar-refractivity contribution in [1.29, 1.82) is 0 Å². The highest BCUT2D eigenvalue weighted by atomic mass is 19.4. The summed E-state index contributed by atoms with van der Waals surface area (Å²) in [4.78, 5) is 0. The zero-order valence-electron chi connectivity index (χ0n) is 10.6. The molecule has 0 saturated heterocycles. The van der Waals surface area contributed by atoms with Gasteiger partial charge in [-0.15, -0.1) is 10.2 Å². The van der Waals surface area contributed by atoms with Crippen LogP contribution in [0.5, 0.6) is 0 Å². The molecule has 0 amide bonds. The first-order valence-electron chi connectivity index (χ1n) is 5.86. The second-order valence-corrected chi connectivity index (χ2v) is 4.05. The summed E-state index contributed by atoms with van der Waals surface area (Å²) in [7, 11) is 1.74. The van der Waals surface area contributed by atoms with Crippen LogP contribution < -0.4 is 5.32 Å². The fraction of sp³-hybridized carbons (Fsp3) is 0.143. The van der Waals surface area contributed by atoms with Gasteiger partial charge in [-0.25, -0.2) is 0 Å². The van der Waals surface area contributed by atoms with E-state index in [-0.39, 0.29) is 0 Å². The van der Waals surface area contributed by atoms with Gasteiger partial charge in [-0.2, -0.15) is 13.2 Å². The molecule has 0 aliphatic heterocycles. The van der Waals surface area contributed by atoms with E-state index < -0.39 is 11.7 Å². The minimum atomic E-state index is -4.31. The number of hydrogen-bond donors (Lipinski definition) is 1. The molecular formula is C14H12F3N3. The van der Waals surface area contributed by atoms with Crippen LogP contribution in [0.25, 0.3) is 12.2 Å². The van der Waals surface area contributed by atoms with Crippen LogP contribution in [0.4, 0.5) is 19.0 Å². The van der Waals surface area contributed by atoms with E-state index in [2.05, 4.69) is 15.5 Å². The first kappa shape index (κ1) is 14.0. The van der Waals surface area contributed by atoms with Gasteiger partial charge in [0.15, 0.2) is 0 Å². The molecule has 1 N–H and O–H groups in total. The third kappa shape index (κ3) is 3.57. The number of alkyl halides is 3. The molecule has 1 aromatic carbocycles. The quantitative estimate of drug-likeness (QED) is 0.930. The van der Waals surface area contributed by atoms with E-state index in [0.29, 0.717) is 17.1 Å². The predicted molar refractivity (Wildman–Crippen MR) is 72.0 cm³/mol. The van der Waals surface area contributed by atoms with E-state index in [0.717, 1.165) is 12.1 Å². The number of aromatic nitrogens is 2. The Bertz CT molecular complexity index is 587. The Balaban J connectivity index is 2.10. The summed E-state index contributed by atoms with van der Waals surface area (Å²) in [5.41, 5.74) is 0.634. The number of nitrogens with one attached hydrogen (secondary N) is 1. The largest absolute Gasteiger partial charge is 0.416 e. The molecule has 2 aromatic rings. The molecule has 0 radical (unpaired) electrons. The Hall–Kier alpha value is -2.37. The lowest BCUT2D eigenvalue weighted by molar-refractivity contribution is -0.137. The summed E-state index contributed by atoms with van der Waals surface area (Å²) < 4.78 is 37.2. The highest BCUT2D eigenvalue weighted by molar-refractivity contribution is 5.68. The van der Waals surface area contributed by atoms with Gasteiger partial charge >= 0.3 is 6.18 Å². The Morgan fingerprint density at radius 2 is 1.65 bits per heavy atom. The van der Waals surface area contributed by atoms with E-state index in [9.17, 15) is 13.2 Å². The molecule has 0 atom stereocenters. The highest BCUT2D eigenvalue weighted by Gasteiger charge is 2.29. The van der Waals surface area contributed by atoms with Gasteiger partial charge in [0.05, 0.1) is 11.3 Å². The minimum Gasteiger partial charge on any atom is -0.372 e. The summed E-state index contributed by atoms with van der Waals surface area (Å²) in [5.74, 6) is 0.650. The molecule has 0 spiro atoms. The van der Waals surface area contributed by atoms with Crippen molar-refractivity contribution in [2.75, 3.05) is 12.4 Å². The fourth-order valence-corrected chi connectivity index (χ4v) is 1.53. The normalized spacial score (nSPS) is 11.8. The second kappa shape index (κ2) is 5.73. The number of nitrogens with zero attached hydrogens (tertiary/aromatic N) is 2. The van der Waals surface area contributed by atoms with E-state index in [1.54, 1.807) is 31.3 Å². The number of halogens is 3. The van der Waals surface area contributed by atoms with Crippen LogP contribution in [-0.4, -0.2) is 17.2 Å². The molecule has 0 unspecified atom stereocenters. The predicted octanol–water partition coefficient (Wildman–Crippen LogP) is 3.71. The molecule has 2 rings (SSSR count). The molecule has 20 heavy (non-hydrogen) atoms. The standard InChI is InChI=1S/C14H12F3N3/c1-18-13-9-8-12(19-20-13)7-4-10-2-5-11(6-3-10)14(15,16)17/h2-9H,1H3,(H,18,20)/b7-4+. The number of rotatable bonds is 3. The molecule has 104 valence electrons. The highest BCUT2D eigenvalue weighted by Crippen LogP contribution is 2.29. The second-order valence-electron chi connectivity index (χ2n) is 4.05. The van der Waals surface area contributed by atoms with E-state index in [1.165, 1.54) is 12.1 Å².